The molecule has 1 aromatic carbocycles. The van der Waals surface area contributed by atoms with Crippen molar-refractivity contribution in [3.63, 3.8) is 0 Å². The van der Waals surface area contributed by atoms with E-state index in [1.54, 1.807) is 5.43 Å². The summed E-state index contributed by atoms with van der Waals surface area (Å²) in [6.07, 6.45) is -4.53. The van der Waals surface area contributed by atoms with E-state index in [1.165, 1.54) is 0 Å². The lowest BCUT2D eigenvalue weighted by Gasteiger charge is -2.12. The summed E-state index contributed by atoms with van der Waals surface area (Å²) in [6.45, 7) is 0. The molecule has 4 N–H and O–H groups in total. The molecule has 0 spiro atoms. The third-order valence-electron chi connectivity index (χ3n) is 1.49. The van der Waals surface area contributed by atoms with Gasteiger partial charge in [0.1, 0.15) is 11.4 Å². The molecule has 0 radical (unpaired) electrons. The second-order valence-electron chi connectivity index (χ2n) is 2.34. The SMILES string of the molecule is NNc1c(O)cccc1C(F)(F)F. The highest BCUT2D eigenvalue weighted by Crippen LogP contribution is 2.38. The number of rotatable bonds is 1. The number of alkyl halides is 3. The molecule has 1 aromatic rings. The number of phenols is 1. The van der Waals surface area contributed by atoms with Gasteiger partial charge in [0, 0.05) is 0 Å². The van der Waals surface area contributed by atoms with Gasteiger partial charge in [-0.2, -0.15) is 13.2 Å². The largest absolute Gasteiger partial charge is 0.506 e. The summed E-state index contributed by atoms with van der Waals surface area (Å²) >= 11 is 0. The number of nitrogens with two attached hydrogens (primary N) is 1. The van der Waals surface area contributed by atoms with Crippen LogP contribution in [0, 0.1) is 0 Å². The van der Waals surface area contributed by atoms with E-state index in [2.05, 4.69) is 0 Å². The van der Waals surface area contributed by atoms with E-state index in [0.29, 0.717) is 0 Å². The van der Waals surface area contributed by atoms with E-state index >= 15 is 0 Å². The summed E-state index contributed by atoms with van der Waals surface area (Å²) in [4.78, 5) is 0. The quantitative estimate of drug-likeness (QED) is 0.360. The van der Waals surface area contributed by atoms with Crippen molar-refractivity contribution in [3.8, 4) is 5.75 Å². The molecule has 0 amide bonds. The summed E-state index contributed by atoms with van der Waals surface area (Å²) in [5.74, 6) is 4.31. The first-order valence-electron chi connectivity index (χ1n) is 3.32. The second-order valence-corrected chi connectivity index (χ2v) is 2.34. The Bertz CT molecular complexity index is 311. The van der Waals surface area contributed by atoms with E-state index in [4.69, 9.17) is 10.9 Å². The molecule has 0 heterocycles. The zero-order valence-corrected chi connectivity index (χ0v) is 6.39. The zero-order valence-electron chi connectivity index (χ0n) is 6.39. The van der Waals surface area contributed by atoms with Crippen LogP contribution < -0.4 is 11.3 Å². The van der Waals surface area contributed by atoms with Crippen molar-refractivity contribution in [2.75, 3.05) is 5.43 Å². The highest BCUT2D eigenvalue weighted by atomic mass is 19.4. The first-order chi connectivity index (χ1) is 5.96. The molecule has 3 nitrogen and oxygen atoms in total. The normalized spacial score (nSPS) is 11.4. The number of aromatic hydroxyl groups is 1. The fraction of sp³-hybridized carbons (Fsp3) is 0.143. The third kappa shape index (κ3) is 1.83. The number of hydrazine groups is 1. The number of para-hydroxylation sites is 1. The van der Waals surface area contributed by atoms with Crippen LogP contribution in [0.1, 0.15) is 5.56 Å². The number of anilines is 1. The van der Waals surface area contributed by atoms with E-state index < -0.39 is 23.2 Å². The Morgan fingerprint density at radius 3 is 2.31 bits per heavy atom. The Labute approximate surface area is 71.9 Å². The molecular formula is C7H7F3N2O. The highest BCUT2D eigenvalue weighted by molar-refractivity contribution is 5.61. The van der Waals surface area contributed by atoms with E-state index in [9.17, 15) is 13.2 Å². The molecule has 0 aliphatic rings. The first-order valence-corrected chi connectivity index (χ1v) is 3.32. The van der Waals surface area contributed by atoms with Gasteiger partial charge < -0.3 is 10.5 Å². The van der Waals surface area contributed by atoms with Crippen molar-refractivity contribution in [3.05, 3.63) is 23.8 Å². The van der Waals surface area contributed by atoms with Crippen LogP contribution in [-0.4, -0.2) is 5.11 Å². The maximum absolute atomic E-state index is 12.2. The lowest BCUT2D eigenvalue weighted by Crippen LogP contribution is -2.14. The standard InChI is InChI=1S/C7H7F3N2O/c8-7(9,10)4-2-1-3-5(13)6(4)12-11/h1-3,12-13H,11H2. The van der Waals surface area contributed by atoms with Crippen molar-refractivity contribution in [2.45, 2.75) is 6.18 Å². The first kappa shape index (κ1) is 9.66. The van der Waals surface area contributed by atoms with E-state index in [1.807, 2.05) is 0 Å². The summed E-state index contributed by atoms with van der Waals surface area (Å²) < 4.78 is 36.6. The fourth-order valence-corrected chi connectivity index (χ4v) is 0.928. The molecule has 72 valence electrons. The number of nitrogen functional groups attached to an aromatic ring is 1. The molecule has 6 heteroatoms. The molecule has 0 aromatic heterocycles. The molecule has 0 saturated carbocycles. The van der Waals surface area contributed by atoms with Crippen molar-refractivity contribution >= 4 is 5.69 Å². The van der Waals surface area contributed by atoms with E-state index in [-0.39, 0.29) is 0 Å². The molecular weight excluding hydrogens is 185 g/mol. The number of hydrogen-bond acceptors (Lipinski definition) is 3. The Kier molecular flexibility index (Phi) is 2.33. The minimum absolute atomic E-state index is 0.519. The molecule has 13 heavy (non-hydrogen) atoms. The molecule has 0 unspecified atom stereocenters. The van der Waals surface area contributed by atoms with Gasteiger partial charge in [0.2, 0.25) is 0 Å². The Balaban J connectivity index is 3.29. The van der Waals surface area contributed by atoms with Crippen molar-refractivity contribution in [1.82, 2.24) is 0 Å². The van der Waals surface area contributed by atoms with Crippen LogP contribution in [0.2, 0.25) is 0 Å². The fourth-order valence-electron chi connectivity index (χ4n) is 0.928. The van der Waals surface area contributed by atoms with Gasteiger partial charge in [-0.3, -0.25) is 5.84 Å². The summed E-state index contributed by atoms with van der Waals surface area (Å²) in [5.41, 5.74) is 0.291. The molecule has 0 saturated heterocycles. The number of benzene rings is 1. The second kappa shape index (κ2) is 3.14. The van der Waals surface area contributed by atoms with Gasteiger partial charge in [0.05, 0.1) is 5.56 Å². The van der Waals surface area contributed by atoms with Crippen LogP contribution >= 0.6 is 0 Å². The summed E-state index contributed by atoms with van der Waals surface area (Å²) in [6, 6.07) is 3.04. The van der Waals surface area contributed by atoms with Crippen LogP contribution in [0.3, 0.4) is 0 Å². The highest BCUT2D eigenvalue weighted by Gasteiger charge is 2.34. The van der Waals surface area contributed by atoms with Gasteiger partial charge in [-0.15, -0.1) is 0 Å². The Morgan fingerprint density at radius 2 is 1.92 bits per heavy atom. The number of nitrogens with one attached hydrogen (secondary N) is 1. The van der Waals surface area contributed by atoms with Crippen LogP contribution in [-0.2, 0) is 6.18 Å². The smallest absolute Gasteiger partial charge is 0.418 e. The Morgan fingerprint density at radius 1 is 1.31 bits per heavy atom. The molecule has 0 aliphatic carbocycles. The van der Waals surface area contributed by atoms with Gasteiger partial charge >= 0.3 is 6.18 Å². The monoisotopic (exact) mass is 192 g/mol. The average molecular weight is 192 g/mol. The van der Waals surface area contributed by atoms with Crippen molar-refractivity contribution in [1.29, 1.82) is 0 Å². The van der Waals surface area contributed by atoms with Gasteiger partial charge in [0.15, 0.2) is 0 Å². The lowest BCUT2D eigenvalue weighted by atomic mass is 10.1. The molecule has 0 bridgehead atoms. The van der Waals surface area contributed by atoms with E-state index in [0.717, 1.165) is 18.2 Å². The topological polar surface area (TPSA) is 58.3 Å². The van der Waals surface area contributed by atoms with Crippen LogP contribution in [0.15, 0.2) is 18.2 Å². The predicted octanol–water partition coefficient (Wildman–Crippen LogP) is 1.70. The molecule has 0 aliphatic heterocycles. The van der Waals surface area contributed by atoms with Gasteiger partial charge in [-0.1, -0.05) is 6.07 Å². The molecule has 1 rings (SSSR count). The number of phenolic OH excluding ortho intramolecular Hbond substituents is 1. The van der Waals surface area contributed by atoms with Crippen molar-refractivity contribution < 1.29 is 18.3 Å². The molecule has 0 fully saturated rings. The molecule has 0 atom stereocenters. The Hall–Kier alpha value is -1.43. The number of hydrogen-bond donors (Lipinski definition) is 3. The average Bonchev–Trinajstić information content (AvgIpc) is 2.02. The minimum atomic E-state index is -4.53. The van der Waals surface area contributed by atoms with Crippen LogP contribution in [0.25, 0.3) is 0 Å². The summed E-state index contributed by atoms with van der Waals surface area (Å²) in [7, 11) is 0. The third-order valence-corrected chi connectivity index (χ3v) is 1.49. The van der Waals surface area contributed by atoms with Crippen LogP contribution in [0.5, 0.6) is 5.75 Å². The number of halogens is 3. The van der Waals surface area contributed by atoms with Gasteiger partial charge in [-0.25, -0.2) is 0 Å². The zero-order chi connectivity index (χ0) is 10.1. The summed E-state index contributed by atoms with van der Waals surface area (Å²) in [5, 5.41) is 9.01. The van der Waals surface area contributed by atoms with Gasteiger partial charge in [0.25, 0.3) is 0 Å². The van der Waals surface area contributed by atoms with Crippen molar-refractivity contribution in [2.24, 2.45) is 5.84 Å². The van der Waals surface area contributed by atoms with Crippen LogP contribution in [0.4, 0.5) is 18.9 Å². The maximum Gasteiger partial charge on any atom is 0.418 e. The van der Waals surface area contributed by atoms with Gasteiger partial charge in [-0.05, 0) is 12.1 Å². The predicted molar refractivity (Wildman–Crippen MR) is 40.9 cm³/mol. The minimum Gasteiger partial charge on any atom is -0.506 e. The lowest BCUT2D eigenvalue weighted by molar-refractivity contribution is -0.137. The maximum atomic E-state index is 12.2.